The van der Waals surface area contributed by atoms with Crippen molar-refractivity contribution in [3.63, 3.8) is 0 Å². The Bertz CT molecular complexity index is 55.0. The zero-order valence-corrected chi connectivity index (χ0v) is 9.29. The maximum absolute atomic E-state index is 5.18. The van der Waals surface area contributed by atoms with Crippen LogP contribution >= 0.6 is 0 Å². The minimum atomic E-state index is -1.71. The summed E-state index contributed by atoms with van der Waals surface area (Å²) in [6, 6.07) is 0. The van der Waals surface area contributed by atoms with Crippen LogP contribution in [0.3, 0.4) is 0 Å². The van der Waals surface area contributed by atoms with Crippen molar-refractivity contribution in [2.24, 2.45) is 0 Å². The number of hydrogen-bond donors (Lipinski definition) is 0. The molecule has 0 spiro atoms. The molecule has 0 aliphatic heterocycles. The van der Waals surface area contributed by atoms with Gasteiger partial charge in [-0.1, -0.05) is 0 Å². The van der Waals surface area contributed by atoms with Crippen LogP contribution in [0.1, 0.15) is 19.8 Å². The van der Waals surface area contributed by atoms with Crippen LogP contribution in [-0.2, 0) is 6.15 Å². The Kier molecular flexibility index (Phi) is 7.38. The second kappa shape index (κ2) is 6.83. The van der Waals surface area contributed by atoms with Crippen LogP contribution < -0.4 is 0 Å². The number of hydrogen-bond acceptors (Lipinski definition) is 2. The van der Waals surface area contributed by atoms with E-state index in [-0.39, 0.29) is 0 Å². The molecule has 0 atom stereocenters. The molecule has 0 aliphatic carbocycles. The molecule has 9 heavy (non-hydrogen) atoms. The van der Waals surface area contributed by atoms with E-state index in [9.17, 15) is 0 Å². The quantitative estimate of drug-likeness (QED) is 0.676. The van der Waals surface area contributed by atoms with Gasteiger partial charge in [-0.2, -0.15) is 0 Å². The normalized spacial score (nSPS) is 10.7. The van der Waals surface area contributed by atoms with E-state index in [1.165, 1.54) is 17.3 Å². The Balaban J connectivity index is 3.09. The summed E-state index contributed by atoms with van der Waals surface area (Å²) in [7, 11) is 3.52. The van der Waals surface area contributed by atoms with Gasteiger partial charge < -0.3 is 0 Å². The average molecular weight is 238 g/mol. The summed E-state index contributed by atoms with van der Waals surface area (Å²) < 4.78 is 11.6. The van der Waals surface area contributed by atoms with Crippen LogP contribution in [0.2, 0.25) is 4.44 Å². The summed E-state index contributed by atoms with van der Waals surface area (Å²) in [6.45, 7) is 2.19. The van der Waals surface area contributed by atoms with E-state index >= 15 is 0 Å². The van der Waals surface area contributed by atoms with Gasteiger partial charge in [-0.3, -0.25) is 0 Å². The van der Waals surface area contributed by atoms with Crippen LogP contribution in [0.25, 0.3) is 0 Å². The van der Waals surface area contributed by atoms with E-state index in [2.05, 4.69) is 6.92 Å². The summed E-state index contributed by atoms with van der Waals surface area (Å²) >= 11 is -1.71. The van der Waals surface area contributed by atoms with Crippen LogP contribution in [0, 0.1) is 0 Å². The molecule has 55 valence electrons. The second-order valence-corrected chi connectivity index (χ2v) is 7.76. The SMILES string of the molecule is CCC[CH2][Sn]([O]C)[O]C. The van der Waals surface area contributed by atoms with Gasteiger partial charge in [-0.25, -0.2) is 0 Å². The van der Waals surface area contributed by atoms with Crippen LogP contribution in [0.15, 0.2) is 0 Å². The number of rotatable bonds is 5. The molecule has 0 aliphatic rings. The Morgan fingerprint density at radius 3 is 2.11 bits per heavy atom. The van der Waals surface area contributed by atoms with Crippen molar-refractivity contribution in [1.29, 1.82) is 0 Å². The average Bonchev–Trinajstić information content (AvgIpc) is 1.91. The third-order valence-corrected chi connectivity index (χ3v) is 5.96. The molecule has 0 heterocycles. The molecular formula is C6H15O2Sn. The van der Waals surface area contributed by atoms with Gasteiger partial charge in [0, 0.05) is 0 Å². The molecule has 0 N–H and O–H groups in total. The summed E-state index contributed by atoms with van der Waals surface area (Å²) in [6.07, 6.45) is 2.51. The van der Waals surface area contributed by atoms with Crippen molar-refractivity contribution in [3.05, 3.63) is 0 Å². The molecule has 0 bridgehead atoms. The molecule has 2 nitrogen and oxygen atoms in total. The molecule has 1 radical (unpaired) electrons. The molecule has 0 saturated carbocycles. The third kappa shape index (κ3) is 5.18. The van der Waals surface area contributed by atoms with Crippen molar-refractivity contribution in [3.8, 4) is 0 Å². The molecule has 0 rings (SSSR count). The van der Waals surface area contributed by atoms with Gasteiger partial charge in [0.15, 0.2) is 0 Å². The predicted molar refractivity (Wildman–Crippen MR) is 39.5 cm³/mol. The van der Waals surface area contributed by atoms with Gasteiger partial charge in [-0.15, -0.1) is 0 Å². The van der Waals surface area contributed by atoms with E-state index in [0.717, 1.165) is 0 Å². The van der Waals surface area contributed by atoms with Crippen molar-refractivity contribution in [1.82, 2.24) is 0 Å². The molecule has 0 aromatic carbocycles. The van der Waals surface area contributed by atoms with Crippen LogP contribution in [0.4, 0.5) is 0 Å². The van der Waals surface area contributed by atoms with Gasteiger partial charge in [-0.05, 0) is 0 Å². The van der Waals surface area contributed by atoms with E-state index in [1.807, 2.05) is 0 Å². The Morgan fingerprint density at radius 1 is 1.22 bits per heavy atom. The monoisotopic (exact) mass is 239 g/mol. The van der Waals surface area contributed by atoms with Gasteiger partial charge in [0.25, 0.3) is 0 Å². The van der Waals surface area contributed by atoms with Gasteiger partial charge in [0.2, 0.25) is 0 Å². The van der Waals surface area contributed by atoms with Crippen molar-refractivity contribution in [2.75, 3.05) is 14.2 Å². The zero-order valence-electron chi connectivity index (χ0n) is 6.44. The zero-order chi connectivity index (χ0) is 7.11. The number of unbranched alkanes of at least 4 members (excludes halogenated alkanes) is 1. The van der Waals surface area contributed by atoms with Crippen molar-refractivity contribution < 1.29 is 6.15 Å². The fourth-order valence-electron chi connectivity index (χ4n) is 0.609. The topological polar surface area (TPSA) is 18.5 Å². The molecule has 0 amide bonds. The van der Waals surface area contributed by atoms with Gasteiger partial charge in [0.05, 0.1) is 0 Å². The Morgan fingerprint density at radius 2 is 1.78 bits per heavy atom. The van der Waals surface area contributed by atoms with Crippen molar-refractivity contribution >= 4 is 20.6 Å². The molecule has 3 heteroatoms. The maximum atomic E-state index is 5.18. The molecule has 0 saturated heterocycles. The molecule has 0 fully saturated rings. The molecule has 0 aromatic rings. The predicted octanol–water partition coefficient (Wildman–Crippen LogP) is 1.57. The summed E-state index contributed by atoms with van der Waals surface area (Å²) in [4.78, 5) is 0. The Labute approximate surface area is 65.4 Å². The molecular weight excluding hydrogens is 223 g/mol. The standard InChI is InChI=1S/C4H9.2CH3O.Sn/c1-3-4-2;2*1-2;/h1,3-4H2,2H3;2*1H3;/q;2*-1;+2. The summed E-state index contributed by atoms with van der Waals surface area (Å²) in [5, 5.41) is 0. The summed E-state index contributed by atoms with van der Waals surface area (Å²) in [5.74, 6) is 0. The fourth-order valence-corrected chi connectivity index (χ4v) is 4.08. The Hall–Kier alpha value is 0.719. The first kappa shape index (κ1) is 9.72. The van der Waals surface area contributed by atoms with Crippen LogP contribution in [0.5, 0.6) is 0 Å². The first-order valence-electron chi connectivity index (χ1n) is 3.29. The van der Waals surface area contributed by atoms with Crippen LogP contribution in [-0.4, -0.2) is 34.8 Å². The van der Waals surface area contributed by atoms with Crippen molar-refractivity contribution in [2.45, 2.75) is 24.2 Å². The summed E-state index contributed by atoms with van der Waals surface area (Å²) in [5.41, 5.74) is 0. The molecule has 0 aromatic heterocycles. The fraction of sp³-hybridized carbons (Fsp3) is 1.00. The first-order chi connectivity index (χ1) is 4.35. The van der Waals surface area contributed by atoms with Gasteiger partial charge in [0.1, 0.15) is 0 Å². The van der Waals surface area contributed by atoms with Gasteiger partial charge >= 0.3 is 65.2 Å². The van der Waals surface area contributed by atoms with E-state index in [1.54, 1.807) is 14.2 Å². The van der Waals surface area contributed by atoms with E-state index in [4.69, 9.17) is 6.15 Å². The second-order valence-electron chi connectivity index (χ2n) is 1.88. The third-order valence-electron chi connectivity index (χ3n) is 1.19. The van der Waals surface area contributed by atoms with E-state index < -0.39 is 20.6 Å². The van der Waals surface area contributed by atoms with E-state index in [0.29, 0.717) is 0 Å². The minimum absolute atomic E-state index is 1.20. The first-order valence-corrected chi connectivity index (χ1v) is 7.63. The molecule has 0 unspecified atom stereocenters.